The number of carbonyl (C=O) groups is 1. The number of amides is 1. The number of pyridine rings is 1. The van der Waals surface area contributed by atoms with Gasteiger partial charge in [0.25, 0.3) is 5.91 Å². The molecule has 3 N–H and O–H groups in total. The van der Waals surface area contributed by atoms with Crippen LogP contribution in [0.3, 0.4) is 0 Å². The second-order valence-corrected chi connectivity index (χ2v) is 8.43. The standard InChI is InChI=1S/C28H33N5O/c1-4-33(5-2)18-17-30-28(34)21-12-14-23(15-13-21)32-27(22-9-8-16-29-19-22)26-20(3)31-25-11-7-6-10-24(25)26/h6-16,19,27,31-32H,4-5,17-18H2,1-3H3,(H,30,34). The molecule has 2 aromatic heterocycles. The number of hydrogen-bond acceptors (Lipinski definition) is 4. The molecule has 4 rings (SSSR count). The number of rotatable bonds is 10. The maximum atomic E-state index is 12.6. The van der Waals surface area contributed by atoms with Crippen molar-refractivity contribution in [3.05, 3.63) is 95.4 Å². The first-order valence-corrected chi connectivity index (χ1v) is 11.9. The largest absolute Gasteiger partial charge is 0.374 e. The van der Waals surface area contributed by atoms with Crippen LogP contribution in [-0.4, -0.2) is 47.0 Å². The van der Waals surface area contributed by atoms with Crippen LogP contribution in [0.1, 0.15) is 47.1 Å². The molecular weight excluding hydrogens is 422 g/mol. The lowest BCUT2D eigenvalue weighted by atomic mass is 9.96. The van der Waals surface area contributed by atoms with Gasteiger partial charge in [0.1, 0.15) is 0 Å². The molecule has 1 unspecified atom stereocenters. The van der Waals surface area contributed by atoms with Crippen molar-refractivity contribution in [1.29, 1.82) is 0 Å². The fourth-order valence-electron chi connectivity index (χ4n) is 4.39. The summed E-state index contributed by atoms with van der Waals surface area (Å²) in [7, 11) is 0. The molecule has 2 heterocycles. The number of nitrogens with zero attached hydrogens (tertiary/aromatic N) is 2. The molecule has 0 aliphatic carbocycles. The second-order valence-electron chi connectivity index (χ2n) is 8.43. The van der Waals surface area contributed by atoms with Gasteiger partial charge >= 0.3 is 0 Å². The maximum absolute atomic E-state index is 12.6. The summed E-state index contributed by atoms with van der Waals surface area (Å²) in [5.41, 5.74) is 6.11. The molecule has 0 bridgehead atoms. The Morgan fingerprint density at radius 3 is 2.50 bits per heavy atom. The number of H-pyrrole nitrogens is 1. The first-order valence-electron chi connectivity index (χ1n) is 11.9. The molecule has 1 amide bonds. The van der Waals surface area contributed by atoms with Crippen LogP contribution in [0.4, 0.5) is 5.69 Å². The SMILES string of the molecule is CCN(CC)CCNC(=O)c1ccc(NC(c2cccnc2)c2c(C)[nH]c3ccccc23)cc1. The highest BCUT2D eigenvalue weighted by atomic mass is 16.1. The summed E-state index contributed by atoms with van der Waals surface area (Å²) >= 11 is 0. The summed E-state index contributed by atoms with van der Waals surface area (Å²) in [6.07, 6.45) is 3.69. The Kier molecular flexibility index (Phi) is 7.60. The van der Waals surface area contributed by atoms with Gasteiger partial charge in [-0.2, -0.15) is 0 Å². The zero-order valence-electron chi connectivity index (χ0n) is 20.1. The number of carbonyl (C=O) groups excluding carboxylic acids is 1. The van der Waals surface area contributed by atoms with E-state index in [0.717, 1.165) is 42.1 Å². The van der Waals surface area contributed by atoms with Gasteiger partial charge in [0, 0.05) is 58.9 Å². The number of aromatic nitrogens is 2. The van der Waals surface area contributed by atoms with Gasteiger partial charge in [-0.05, 0) is 62.0 Å². The Morgan fingerprint density at radius 1 is 1.03 bits per heavy atom. The molecule has 2 aromatic carbocycles. The number of nitrogens with one attached hydrogen (secondary N) is 3. The minimum absolute atomic E-state index is 0.0463. The van der Waals surface area contributed by atoms with Crippen molar-refractivity contribution < 1.29 is 4.79 Å². The molecule has 0 fully saturated rings. The molecule has 6 nitrogen and oxygen atoms in total. The first-order chi connectivity index (χ1) is 16.6. The van der Waals surface area contributed by atoms with Gasteiger partial charge in [-0.3, -0.25) is 9.78 Å². The van der Waals surface area contributed by atoms with Crippen LogP contribution in [0.5, 0.6) is 0 Å². The third-order valence-corrected chi connectivity index (χ3v) is 6.32. The number of aromatic amines is 1. The predicted molar refractivity (Wildman–Crippen MR) is 139 cm³/mol. The Balaban J connectivity index is 1.54. The molecule has 1 atom stereocenters. The Morgan fingerprint density at radius 2 is 1.79 bits per heavy atom. The number of aryl methyl sites for hydroxylation is 1. The zero-order valence-corrected chi connectivity index (χ0v) is 20.1. The van der Waals surface area contributed by atoms with Gasteiger partial charge in [-0.1, -0.05) is 38.1 Å². The summed E-state index contributed by atoms with van der Waals surface area (Å²) in [5.74, 6) is -0.0463. The fraction of sp³-hybridized carbons (Fsp3) is 0.286. The normalized spacial score (nSPS) is 12.1. The van der Waals surface area contributed by atoms with E-state index in [-0.39, 0.29) is 11.9 Å². The van der Waals surface area contributed by atoms with E-state index in [4.69, 9.17) is 0 Å². The summed E-state index contributed by atoms with van der Waals surface area (Å²) in [6.45, 7) is 9.84. The highest BCUT2D eigenvalue weighted by Crippen LogP contribution is 2.34. The lowest BCUT2D eigenvalue weighted by molar-refractivity contribution is 0.0949. The molecule has 0 saturated carbocycles. The monoisotopic (exact) mass is 455 g/mol. The van der Waals surface area contributed by atoms with Crippen LogP contribution in [0.2, 0.25) is 0 Å². The Labute approximate surface area is 201 Å². The lowest BCUT2D eigenvalue weighted by Crippen LogP contribution is -2.34. The zero-order chi connectivity index (χ0) is 23.9. The van der Waals surface area contributed by atoms with Crippen LogP contribution in [0.25, 0.3) is 10.9 Å². The number of hydrogen-bond donors (Lipinski definition) is 3. The molecule has 6 heteroatoms. The van der Waals surface area contributed by atoms with Gasteiger partial charge < -0.3 is 20.5 Å². The first kappa shape index (κ1) is 23.5. The molecule has 0 saturated heterocycles. The van der Waals surface area contributed by atoms with Crippen molar-refractivity contribution in [2.45, 2.75) is 26.8 Å². The van der Waals surface area contributed by atoms with Gasteiger partial charge in [0.2, 0.25) is 0 Å². The van der Waals surface area contributed by atoms with Crippen molar-refractivity contribution in [1.82, 2.24) is 20.2 Å². The van der Waals surface area contributed by atoms with E-state index in [1.54, 1.807) is 6.20 Å². The second kappa shape index (κ2) is 11.0. The molecular formula is C28H33N5O. The van der Waals surface area contributed by atoms with Crippen LogP contribution < -0.4 is 10.6 Å². The van der Waals surface area contributed by atoms with E-state index < -0.39 is 0 Å². The predicted octanol–water partition coefficient (Wildman–Crippen LogP) is 5.14. The van der Waals surface area contributed by atoms with E-state index in [1.807, 2.05) is 42.6 Å². The molecule has 0 aliphatic rings. The van der Waals surface area contributed by atoms with E-state index >= 15 is 0 Å². The Bertz CT molecular complexity index is 1210. The third kappa shape index (κ3) is 5.29. The number of fused-ring (bicyclic) bond motifs is 1. The van der Waals surface area contributed by atoms with Crippen LogP contribution in [-0.2, 0) is 0 Å². The van der Waals surface area contributed by atoms with Gasteiger partial charge in [-0.15, -0.1) is 0 Å². The average Bonchev–Trinajstić information content (AvgIpc) is 3.21. The van der Waals surface area contributed by atoms with E-state index in [0.29, 0.717) is 12.1 Å². The quantitative estimate of drug-likeness (QED) is 0.309. The van der Waals surface area contributed by atoms with Gasteiger partial charge in [0.15, 0.2) is 0 Å². The minimum atomic E-state index is -0.0846. The van der Waals surface area contributed by atoms with Crippen molar-refractivity contribution in [2.75, 3.05) is 31.5 Å². The topological polar surface area (TPSA) is 73.1 Å². The molecule has 34 heavy (non-hydrogen) atoms. The van der Waals surface area contributed by atoms with E-state index in [1.165, 1.54) is 10.9 Å². The van der Waals surface area contributed by atoms with Crippen LogP contribution >= 0.6 is 0 Å². The molecule has 0 aliphatic heterocycles. The van der Waals surface area contributed by atoms with Crippen molar-refractivity contribution in [2.24, 2.45) is 0 Å². The summed E-state index contributed by atoms with van der Waals surface area (Å²) < 4.78 is 0. The van der Waals surface area contributed by atoms with E-state index in [2.05, 4.69) is 70.5 Å². The minimum Gasteiger partial charge on any atom is -0.374 e. The van der Waals surface area contributed by atoms with E-state index in [9.17, 15) is 4.79 Å². The lowest BCUT2D eigenvalue weighted by Gasteiger charge is -2.21. The van der Waals surface area contributed by atoms with Crippen LogP contribution in [0.15, 0.2) is 73.1 Å². The molecule has 4 aromatic rings. The van der Waals surface area contributed by atoms with Crippen LogP contribution in [0, 0.1) is 6.92 Å². The Hall–Kier alpha value is -3.64. The van der Waals surface area contributed by atoms with Crippen molar-refractivity contribution >= 4 is 22.5 Å². The molecule has 0 spiro atoms. The summed E-state index contributed by atoms with van der Waals surface area (Å²) in [4.78, 5) is 22.7. The highest BCUT2D eigenvalue weighted by Gasteiger charge is 2.21. The molecule has 176 valence electrons. The summed E-state index contributed by atoms with van der Waals surface area (Å²) in [6, 6.07) is 20.0. The average molecular weight is 456 g/mol. The number of likely N-dealkylation sites (N-methyl/N-ethyl adjacent to an activating group) is 1. The van der Waals surface area contributed by atoms with Crippen molar-refractivity contribution in [3.8, 4) is 0 Å². The maximum Gasteiger partial charge on any atom is 0.251 e. The smallest absolute Gasteiger partial charge is 0.251 e. The van der Waals surface area contributed by atoms with Gasteiger partial charge in [-0.25, -0.2) is 0 Å². The molecule has 0 radical (unpaired) electrons. The number of anilines is 1. The third-order valence-electron chi connectivity index (χ3n) is 6.32. The van der Waals surface area contributed by atoms with Crippen molar-refractivity contribution in [3.63, 3.8) is 0 Å². The highest BCUT2D eigenvalue weighted by molar-refractivity contribution is 5.94. The fourth-order valence-corrected chi connectivity index (χ4v) is 4.39. The van der Waals surface area contributed by atoms with Gasteiger partial charge in [0.05, 0.1) is 6.04 Å². The number of benzene rings is 2. The number of para-hydroxylation sites is 1. The summed E-state index contributed by atoms with van der Waals surface area (Å²) in [5, 5.41) is 7.88.